The smallest absolute Gasteiger partial charge is 0.295 e. The quantitative estimate of drug-likeness (QED) is 0.420. The molecule has 0 radical (unpaired) electrons. The molecular weight excluding hydrogens is 420 g/mol. The van der Waals surface area contributed by atoms with E-state index >= 15 is 0 Å². The van der Waals surface area contributed by atoms with Crippen LogP contribution in [0.25, 0.3) is 5.76 Å². The number of aliphatic hydroxyl groups excluding tert-OH is 1. The van der Waals surface area contributed by atoms with E-state index in [1.54, 1.807) is 36.4 Å². The number of Topliss-reactive ketones (excluding diaryl/α,β-unsaturated/α-hetero) is 1. The number of likely N-dealkylation sites (tertiary alicyclic amines) is 1. The maximum atomic E-state index is 13.0. The Morgan fingerprint density at radius 2 is 1.77 bits per heavy atom. The molecule has 31 heavy (non-hydrogen) atoms. The number of benzene rings is 2. The summed E-state index contributed by atoms with van der Waals surface area (Å²) in [6.07, 6.45) is 0. The van der Waals surface area contributed by atoms with Crippen molar-refractivity contribution in [2.75, 3.05) is 39.4 Å². The average Bonchev–Trinajstić information content (AvgIpc) is 3.03. The van der Waals surface area contributed by atoms with Gasteiger partial charge < -0.3 is 19.8 Å². The molecule has 0 bridgehead atoms. The van der Waals surface area contributed by atoms with Crippen LogP contribution in [-0.2, 0) is 14.3 Å². The molecule has 0 saturated carbocycles. The number of phenolic OH excluding ortho intramolecular Hbond substituents is 1. The number of carbonyl (C=O) groups excluding carboxylic acids is 2. The van der Waals surface area contributed by atoms with Crippen molar-refractivity contribution < 1.29 is 24.5 Å². The number of rotatable bonds is 5. The summed E-state index contributed by atoms with van der Waals surface area (Å²) in [5.74, 6) is -1.67. The lowest BCUT2D eigenvalue weighted by molar-refractivity contribution is -0.140. The molecule has 0 spiro atoms. The number of morpholine rings is 1. The lowest BCUT2D eigenvalue weighted by Crippen LogP contribution is -2.42. The van der Waals surface area contributed by atoms with Crippen molar-refractivity contribution in [3.05, 3.63) is 70.3 Å². The Kier molecular flexibility index (Phi) is 6.27. The predicted octanol–water partition coefficient (Wildman–Crippen LogP) is 2.80. The third-order valence-corrected chi connectivity index (χ3v) is 5.86. The number of halogens is 1. The minimum absolute atomic E-state index is 0.0000926. The number of amides is 1. The van der Waals surface area contributed by atoms with Crippen LogP contribution in [0, 0.1) is 0 Å². The zero-order chi connectivity index (χ0) is 22.0. The van der Waals surface area contributed by atoms with Gasteiger partial charge in [0.1, 0.15) is 11.5 Å². The van der Waals surface area contributed by atoms with E-state index in [9.17, 15) is 19.8 Å². The van der Waals surface area contributed by atoms with E-state index in [0.29, 0.717) is 42.5 Å². The highest BCUT2D eigenvalue weighted by Gasteiger charge is 2.46. The van der Waals surface area contributed by atoms with Crippen molar-refractivity contribution in [1.29, 1.82) is 0 Å². The molecule has 0 aromatic heterocycles. The number of ketones is 1. The standard InChI is InChI=1S/C23H23ClN2O5/c24-17-6-4-15(5-7-17)21(28)19-20(16-2-1-3-18(27)14-16)26(23(30)22(19)29)9-8-25-10-12-31-13-11-25/h1-7,14,20,27-28H,8-13H2/b21-19-. The second-order valence-electron chi connectivity index (χ2n) is 7.55. The molecule has 0 aliphatic carbocycles. The number of hydrogen-bond acceptors (Lipinski definition) is 6. The summed E-state index contributed by atoms with van der Waals surface area (Å²) in [5.41, 5.74) is 0.942. The molecule has 7 nitrogen and oxygen atoms in total. The van der Waals surface area contributed by atoms with Gasteiger partial charge in [-0.25, -0.2) is 0 Å². The molecule has 2 N–H and O–H groups in total. The highest BCUT2D eigenvalue weighted by atomic mass is 35.5. The fraction of sp³-hybridized carbons (Fsp3) is 0.304. The minimum Gasteiger partial charge on any atom is -0.508 e. The summed E-state index contributed by atoms with van der Waals surface area (Å²) >= 11 is 5.94. The number of aromatic hydroxyl groups is 1. The SMILES string of the molecule is O=C1C(=O)N(CCN2CCOCC2)C(c2cccc(O)c2)/C1=C(/O)c1ccc(Cl)cc1. The molecule has 4 rings (SSSR count). The van der Waals surface area contributed by atoms with Crippen LogP contribution in [0.3, 0.4) is 0 Å². The van der Waals surface area contributed by atoms with Crippen LogP contribution in [0.1, 0.15) is 17.2 Å². The van der Waals surface area contributed by atoms with Crippen molar-refractivity contribution in [2.45, 2.75) is 6.04 Å². The van der Waals surface area contributed by atoms with Gasteiger partial charge >= 0.3 is 0 Å². The molecule has 162 valence electrons. The maximum Gasteiger partial charge on any atom is 0.295 e. The highest BCUT2D eigenvalue weighted by molar-refractivity contribution is 6.46. The van der Waals surface area contributed by atoms with E-state index in [-0.39, 0.29) is 17.1 Å². The molecular formula is C23H23ClN2O5. The number of carbonyl (C=O) groups is 2. The monoisotopic (exact) mass is 442 g/mol. The summed E-state index contributed by atoms with van der Waals surface area (Å²) in [4.78, 5) is 29.6. The molecule has 2 aromatic carbocycles. The molecule has 2 heterocycles. The van der Waals surface area contributed by atoms with Crippen LogP contribution < -0.4 is 0 Å². The van der Waals surface area contributed by atoms with Crippen molar-refractivity contribution in [1.82, 2.24) is 9.80 Å². The normalized spacial score (nSPS) is 21.6. The van der Waals surface area contributed by atoms with E-state index in [0.717, 1.165) is 13.1 Å². The third-order valence-electron chi connectivity index (χ3n) is 5.60. The minimum atomic E-state index is -0.802. The van der Waals surface area contributed by atoms with Gasteiger partial charge in [0.15, 0.2) is 0 Å². The zero-order valence-electron chi connectivity index (χ0n) is 16.8. The molecule has 2 saturated heterocycles. The third kappa shape index (κ3) is 4.44. The number of aliphatic hydroxyl groups is 1. The summed E-state index contributed by atoms with van der Waals surface area (Å²) in [7, 11) is 0. The van der Waals surface area contributed by atoms with E-state index in [1.807, 2.05) is 0 Å². The Bertz CT molecular complexity index is 1010. The van der Waals surface area contributed by atoms with Gasteiger partial charge in [-0.05, 0) is 42.0 Å². The van der Waals surface area contributed by atoms with E-state index in [4.69, 9.17) is 16.3 Å². The van der Waals surface area contributed by atoms with Crippen LogP contribution in [0.15, 0.2) is 54.1 Å². The molecule has 2 fully saturated rings. The summed E-state index contributed by atoms with van der Waals surface area (Å²) in [6.45, 7) is 3.66. The molecule has 2 aliphatic heterocycles. The number of ether oxygens (including phenoxy) is 1. The van der Waals surface area contributed by atoms with Gasteiger partial charge in [0.25, 0.3) is 11.7 Å². The van der Waals surface area contributed by atoms with Crippen LogP contribution in [0.2, 0.25) is 5.02 Å². The number of phenols is 1. The maximum absolute atomic E-state index is 13.0. The van der Waals surface area contributed by atoms with Gasteiger partial charge in [-0.3, -0.25) is 14.5 Å². The van der Waals surface area contributed by atoms with Gasteiger partial charge in [-0.2, -0.15) is 0 Å². The Hall–Kier alpha value is -2.87. The Balaban J connectivity index is 1.73. The van der Waals surface area contributed by atoms with Crippen LogP contribution in [0.5, 0.6) is 5.75 Å². The Morgan fingerprint density at radius 3 is 2.45 bits per heavy atom. The lowest BCUT2D eigenvalue weighted by Gasteiger charge is -2.31. The van der Waals surface area contributed by atoms with Gasteiger partial charge in [0, 0.05) is 36.8 Å². The van der Waals surface area contributed by atoms with Crippen molar-refractivity contribution in [2.24, 2.45) is 0 Å². The van der Waals surface area contributed by atoms with Gasteiger partial charge in [0.2, 0.25) is 0 Å². The molecule has 8 heteroatoms. The topological polar surface area (TPSA) is 90.3 Å². The summed E-state index contributed by atoms with van der Waals surface area (Å²) in [5, 5.41) is 21.5. The van der Waals surface area contributed by atoms with Crippen LogP contribution in [-0.4, -0.2) is 71.1 Å². The first-order valence-electron chi connectivity index (χ1n) is 10.1. The largest absolute Gasteiger partial charge is 0.508 e. The predicted molar refractivity (Wildman–Crippen MR) is 116 cm³/mol. The zero-order valence-corrected chi connectivity index (χ0v) is 17.6. The Morgan fingerprint density at radius 1 is 1.06 bits per heavy atom. The second kappa shape index (κ2) is 9.09. The molecule has 1 amide bonds. The van der Waals surface area contributed by atoms with Crippen molar-refractivity contribution in [3.8, 4) is 5.75 Å². The summed E-state index contributed by atoms with van der Waals surface area (Å²) < 4.78 is 5.37. The fourth-order valence-corrected chi connectivity index (χ4v) is 4.12. The average molecular weight is 443 g/mol. The number of hydrogen-bond donors (Lipinski definition) is 2. The highest BCUT2D eigenvalue weighted by Crippen LogP contribution is 2.40. The lowest BCUT2D eigenvalue weighted by atomic mass is 9.95. The second-order valence-corrected chi connectivity index (χ2v) is 7.98. The van der Waals surface area contributed by atoms with Gasteiger partial charge in [0.05, 0.1) is 24.8 Å². The molecule has 1 unspecified atom stereocenters. The van der Waals surface area contributed by atoms with Crippen molar-refractivity contribution in [3.63, 3.8) is 0 Å². The molecule has 2 aliphatic rings. The summed E-state index contributed by atoms with van der Waals surface area (Å²) in [6, 6.07) is 12.0. The van der Waals surface area contributed by atoms with E-state index in [1.165, 1.54) is 17.0 Å². The van der Waals surface area contributed by atoms with Gasteiger partial charge in [-0.15, -0.1) is 0 Å². The molecule has 1 atom stereocenters. The van der Waals surface area contributed by atoms with Crippen LogP contribution >= 0.6 is 11.6 Å². The molecule has 2 aromatic rings. The first kappa shape index (κ1) is 21.4. The first-order chi connectivity index (χ1) is 15.0. The van der Waals surface area contributed by atoms with E-state index in [2.05, 4.69) is 4.90 Å². The van der Waals surface area contributed by atoms with Crippen LogP contribution in [0.4, 0.5) is 0 Å². The van der Waals surface area contributed by atoms with Gasteiger partial charge in [-0.1, -0.05) is 23.7 Å². The van der Waals surface area contributed by atoms with E-state index < -0.39 is 17.7 Å². The first-order valence-corrected chi connectivity index (χ1v) is 10.5. The fourth-order valence-electron chi connectivity index (χ4n) is 3.99. The Labute approximate surface area is 185 Å². The van der Waals surface area contributed by atoms with Crippen molar-refractivity contribution >= 4 is 29.1 Å². The number of nitrogens with zero attached hydrogens (tertiary/aromatic N) is 2.